The van der Waals surface area contributed by atoms with Crippen LogP contribution >= 0.6 is 0 Å². The Morgan fingerprint density at radius 2 is 2.21 bits per heavy atom. The van der Waals surface area contributed by atoms with Crippen molar-refractivity contribution < 1.29 is 9.53 Å². The molecule has 106 valence electrons. The number of hydrogen-bond donors (Lipinski definition) is 1. The van der Waals surface area contributed by atoms with Gasteiger partial charge in [-0.05, 0) is 45.6 Å². The second kappa shape index (κ2) is 5.23. The number of aromatic nitrogens is 2. The Labute approximate surface area is 114 Å². The van der Waals surface area contributed by atoms with Crippen molar-refractivity contribution in [2.45, 2.75) is 52.2 Å². The monoisotopic (exact) mass is 265 g/mol. The molecule has 1 aromatic heterocycles. The smallest absolute Gasteiger partial charge is 0.410 e. The largest absolute Gasteiger partial charge is 0.444 e. The van der Waals surface area contributed by atoms with Gasteiger partial charge in [0, 0.05) is 12.7 Å². The Morgan fingerprint density at radius 1 is 1.47 bits per heavy atom. The molecule has 2 unspecified atom stereocenters. The molecule has 2 heterocycles. The summed E-state index contributed by atoms with van der Waals surface area (Å²) in [6, 6.07) is 1.95. The molecule has 0 aliphatic carbocycles. The van der Waals surface area contributed by atoms with Crippen molar-refractivity contribution in [3.63, 3.8) is 0 Å². The number of rotatable bonds is 1. The van der Waals surface area contributed by atoms with E-state index in [1.54, 1.807) is 6.20 Å². The molecule has 5 heteroatoms. The van der Waals surface area contributed by atoms with Crippen LogP contribution in [0.25, 0.3) is 0 Å². The van der Waals surface area contributed by atoms with Crippen LogP contribution in [0, 0.1) is 5.92 Å². The van der Waals surface area contributed by atoms with Crippen LogP contribution in [0.5, 0.6) is 0 Å². The number of ether oxygens (including phenoxy) is 1. The molecular formula is C14H23N3O2. The fourth-order valence-electron chi connectivity index (χ4n) is 2.44. The summed E-state index contributed by atoms with van der Waals surface area (Å²) in [5.41, 5.74) is 0.450. The lowest BCUT2D eigenvalue weighted by Gasteiger charge is -2.38. The zero-order valence-corrected chi connectivity index (χ0v) is 12.1. The van der Waals surface area contributed by atoms with E-state index in [-0.39, 0.29) is 12.1 Å². The first-order valence-corrected chi connectivity index (χ1v) is 6.86. The summed E-state index contributed by atoms with van der Waals surface area (Å²) in [5.74, 6) is 0.503. The van der Waals surface area contributed by atoms with Crippen LogP contribution in [0.3, 0.4) is 0 Å². The lowest BCUT2D eigenvalue weighted by atomic mass is 9.93. The van der Waals surface area contributed by atoms with Crippen molar-refractivity contribution in [1.82, 2.24) is 15.1 Å². The van der Waals surface area contributed by atoms with Crippen LogP contribution in [0.2, 0.25) is 0 Å². The van der Waals surface area contributed by atoms with E-state index in [2.05, 4.69) is 17.1 Å². The molecule has 1 fully saturated rings. The molecule has 1 aliphatic rings. The summed E-state index contributed by atoms with van der Waals surface area (Å²) in [4.78, 5) is 14.1. The van der Waals surface area contributed by atoms with Crippen molar-refractivity contribution >= 4 is 6.09 Å². The number of aromatic amines is 1. The normalized spacial score (nSPS) is 24.3. The van der Waals surface area contributed by atoms with Crippen molar-refractivity contribution in [2.24, 2.45) is 5.92 Å². The number of carbonyl (C=O) groups is 1. The van der Waals surface area contributed by atoms with Crippen molar-refractivity contribution in [3.05, 3.63) is 18.0 Å². The van der Waals surface area contributed by atoms with Crippen LogP contribution in [0.1, 0.15) is 52.3 Å². The first-order chi connectivity index (χ1) is 8.87. The Morgan fingerprint density at radius 3 is 2.79 bits per heavy atom. The molecular weight excluding hydrogens is 242 g/mol. The van der Waals surface area contributed by atoms with E-state index < -0.39 is 5.60 Å². The zero-order chi connectivity index (χ0) is 14.0. The quantitative estimate of drug-likeness (QED) is 0.848. The lowest BCUT2D eigenvalue weighted by molar-refractivity contribution is 0.00306. The Kier molecular flexibility index (Phi) is 3.83. The molecule has 1 aromatic rings. The average Bonchev–Trinajstić information content (AvgIpc) is 2.80. The standard InChI is InChI=1S/C14H23N3O2/c1-10-5-6-12(11-7-8-15-16-11)17(9-10)13(18)19-14(2,3)4/h7-8,10,12H,5-6,9H2,1-4H3,(H,15,16). The van der Waals surface area contributed by atoms with E-state index in [0.29, 0.717) is 5.92 Å². The molecule has 1 N–H and O–H groups in total. The number of amides is 1. The molecule has 19 heavy (non-hydrogen) atoms. The van der Waals surface area contributed by atoms with E-state index in [9.17, 15) is 4.79 Å². The van der Waals surface area contributed by atoms with Gasteiger partial charge >= 0.3 is 6.09 Å². The van der Waals surface area contributed by atoms with E-state index in [0.717, 1.165) is 25.1 Å². The molecule has 2 rings (SSSR count). The average molecular weight is 265 g/mol. The fourth-order valence-corrected chi connectivity index (χ4v) is 2.44. The van der Waals surface area contributed by atoms with Crippen LogP contribution in [0.15, 0.2) is 12.3 Å². The van der Waals surface area contributed by atoms with E-state index in [1.807, 2.05) is 31.7 Å². The SMILES string of the molecule is CC1CCC(c2cc[nH]n2)N(C(=O)OC(C)(C)C)C1. The van der Waals surface area contributed by atoms with Crippen LogP contribution in [0.4, 0.5) is 4.79 Å². The first kappa shape index (κ1) is 13.9. The minimum Gasteiger partial charge on any atom is -0.444 e. The van der Waals surface area contributed by atoms with Gasteiger partial charge in [0.1, 0.15) is 5.60 Å². The van der Waals surface area contributed by atoms with Gasteiger partial charge in [-0.15, -0.1) is 0 Å². The molecule has 0 bridgehead atoms. The van der Waals surface area contributed by atoms with E-state index in [1.165, 1.54) is 0 Å². The summed E-state index contributed by atoms with van der Waals surface area (Å²) in [6.07, 6.45) is 3.59. The highest BCUT2D eigenvalue weighted by atomic mass is 16.6. The van der Waals surface area contributed by atoms with Gasteiger partial charge in [0.15, 0.2) is 0 Å². The molecule has 1 amide bonds. The van der Waals surface area contributed by atoms with Crippen molar-refractivity contribution in [3.8, 4) is 0 Å². The molecule has 2 atom stereocenters. The highest BCUT2D eigenvalue weighted by molar-refractivity contribution is 5.69. The maximum absolute atomic E-state index is 12.3. The molecule has 1 aliphatic heterocycles. The van der Waals surface area contributed by atoms with Gasteiger partial charge in [-0.3, -0.25) is 10.00 Å². The molecule has 0 radical (unpaired) electrons. The number of likely N-dealkylation sites (tertiary alicyclic amines) is 1. The summed E-state index contributed by atoms with van der Waals surface area (Å²) >= 11 is 0. The van der Waals surface area contributed by atoms with Crippen molar-refractivity contribution in [2.75, 3.05) is 6.54 Å². The third kappa shape index (κ3) is 3.49. The second-order valence-corrected chi connectivity index (χ2v) is 6.33. The second-order valence-electron chi connectivity index (χ2n) is 6.33. The van der Waals surface area contributed by atoms with E-state index in [4.69, 9.17) is 4.74 Å². The van der Waals surface area contributed by atoms with Gasteiger partial charge in [-0.1, -0.05) is 6.92 Å². The van der Waals surface area contributed by atoms with Crippen LogP contribution < -0.4 is 0 Å². The predicted molar refractivity (Wildman–Crippen MR) is 72.7 cm³/mol. The molecule has 1 saturated heterocycles. The van der Waals surface area contributed by atoms with Crippen molar-refractivity contribution in [1.29, 1.82) is 0 Å². The van der Waals surface area contributed by atoms with Crippen LogP contribution in [-0.2, 0) is 4.74 Å². The lowest BCUT2D eigenvalue weighted by Crippen LogP contribution is -2.44. The molecule has 0 aromatic carbocycles. The van der Waals surface area contributed by atoms with Crippen LogP contribution in [-0.4, -0.2) is 33.3 Å². The molecule has 5 nitrogen and oxygen atoms in total. The van der Waals surface area contributed by atoms with Gasteiger partial charge < -0.3 is 4.74 Å². The number of nitrogens with one attached hydrogen (secondary N) is 1. The number of hydrogen-bond acceptors (Lipinski definition) is 3. The number of carbonyl (C=O) groups excluding carboxylic acids is 1. The third-order valence-corrected chi connectivity index (χ3v) is 3.31. The number of H-pyrrole nitrogens is 1. The summed E-state index contributed by atoms with van der Waals surface area (Å²) in [7, 11) is 0. The van der Waals surface area contributed by atoms with E-state index >= 15 is 0 Å². The number of nitrogens with zero attached hydrogens (tertiary/aromatic N) is 2. The Bertz CT molecular complexity index is 422. The Hall–Kier alpha value is -1.52. The minimum atomic E-state index is -0.464. The topological polar surface area (TPSA) is 58.2 Å². The highest BCUT2D eigenvalue weighted by Crippen LogP contribution is 2.33. The highest BCUT2D eigenvalue weighted by Gasteiger charge is 2.34. The Balaban J connectivity index is 2.15. The maximum Gasteiger partial charge on any atom is 0.410 e. The molecule has 0 spiro atoms. The van der Waals surface area contributed by atoms with Gasteiger partial charge in [-0.25, -0.2) is 4.79 Å². The first-order valence-electron chi connectivity index (χ1n) is 6.86. The fraction of sp³-hybridized carbons (Fsp3) is 0.714. The van der Waals surface area contributed by atoms with Gasteiger partial charge in [0.05, 0.1) is 11.7 Å². The van der Waals surface area contributed by atoms with Gasteiger partial charge in [0.25, 0.3) is 0 Å². The maximum atomic E-state index is 12.3. The third-order valence-electron chi connectivity index (χ3n) is 3.31. The van der Waals surface area contributed by atoms with Gasteiger partial charge in [0.2, 0.25) is 0 Å². The zero-order valence-electron chi connectivity index (χ0n) is 12.1. The van der Waals surface area contributed by atoms with Gasteiger partial charge in [-0.2, -0.15) is 5.10 Å². The summed E-state index contributed by atoms with van der Waals surface area (Å²) in [6.45, 7) is 8.57. The summed E-state index contributed by atoms with van der Waals surface area (Å²) in [5, 5.41) is 7.04. The molecule has 0 saturated carbocycles. The predicted octanol–water partition coefficient (Wildman–Crippen LogP) is 3.12. The summed E-state index contributed by atoms with van der Waals surface area (Å²) < 4.78 is 5.50. The number of piperidine rings is 1. The minimum absolute atomic E-state index is 0.0253.